The van der Waals surface area contributed by atoms with E-state index in [1.54, 1.807) is 12.1 Å². The summed E-state index contributed by atoms with van der Waals surface area (Å²) >= 11 is 0. The first-order valence-corrected chi connectivity index (χ1v) is 10.3. The standard InChI is InChI=1S/C22H28N2O9/c1-30-17(25)12-15(20(27)31-2)18(21(28)32-3)23-19(26)16-10-7-11-24(16)22(29)33-13-14-8-5-4-6-9-14/h4-6,8-9,15-16,18H,7,10-13H2,1-3H3,(H,23,26)/t15-,16+,18+/m0/s1. The van der Waals surface area contributed by atoms with Gasteiger partial charge in [-0.15, -0.1) is 0 Å². The van der Waals surface area contributed by atoms with E-state index in [0.717, 1.165) is 26.9 Å². The van der Waals surface area contributed by atoms with E-state index in [0.29, 0.717) is 12.8 Å². The molecule has 33 heavy (non-hydrogen) atoms. The van der Waals surface area contributed by atoms with E-state index in [1.165, 1.54) is 4.90 Å². The highest BCUT2D eigenvalue weighted by Crippen LogP contribution is 2.21. The molecular weight excluding hydrogens is 436 g/mol. The van der Waals surface area contributed by atoms with Crippen molar-refractivity contribution in [1.29, 1.82) is 0 Å². The molecule has 0 saturated carbocycles. The van der Waals surface area contributed by atoms with Gasteiger partial charge >= 0.3 is 24.0 Å². The summed E-state index contributed by atoms with van der Waals surface area (Å²) in [5.74, 6) is -4.68. The van der Waals surface area contributed by atoms with Gasteiger partial charge in [-0.3, -0.25) is 19.3 Å². The molecule has 1 aliphatic heterocycles. The second-order valence-electron chi connectivity index (χ2n) is 7.31. The van der Waals surface area contributed by atoms with Crippen molar-refractivity contribution in [2.24, 2.45) is 5.92 Å². The molecule has 0 spiro atoms. The summed E-state index contributed by atoms with van der Waals surface area (Å²) in [6, 6.07) is 6.63. The Morgan fingerprint density at radius 1 is 1.00 bits per heavy atom. The zero-order valence-corrected chi connectivity index (χ0v) is 18.8. The number of nitrogens with zero attached hydrogens (tertiary/aromatic N) is 1. The number of likely N-dealkylation sites (tertiary alicyclic amines) is 1. The van der Waals surface area contributed by atoms with Gasteiger partial charge in [-0.1, -0.05) is 30.3 Å². The lowest BCUT2D eigenvalue weighted by molar-refractivity contribution is -0.159. The molecular formula is C22H28N2O9. The first kappa shape index (κ1) is 25.6. The highest BCUT2D eigenvalue weighted by Gasteiger charge is 2.42. The van der Waals surface area contributed by atoms with E-state index in [1.807, 2.05) is 18.2 Å². The lowest BCUT2D eigenvalue weighted by atomic mass is 9.95. The molecule has 1 aromatic rings. The third kappa shape index (κ3) is 6.93. The minimum atomic E-state index is -1.52. The predicted molar refractivity (Wildman–Crippen MR) is 112 cm³/mol. The molecule has 11 heteroatoms. The van der Waals surface area contributed by atoms with Gasteiger partial charge in [0.15, 0.2) is 0 Å². The number of hydrogen-bond donors (Lipinski definition) is 1. The van der Waals surface area contributed by atoms with Crippen LogP contribution in [0.25, 0.3) is 0 Å². The smallest absolute Gasteiger partial charge is 0.410 e. The van der Waals surface area contributed by atoms with Gasteiger partial charge in [0.05, 0.1) is 33.7 Å². The predicted octanol–water partition coefficient (Wildman–Crippen LogP) is 0.798. The van der Waals surface area contributed by atoms with Crippen LogP contribution in [0.3, 0.4) is 0 Å². The lowest BCUT2D eigenvalue weighted by Crippen LogP contribution is -2.55. The van der Waals surface area contributed by atoms with E-state index in [4.69, 9.17) is 9.47 Å². The van der Waals surface area contributed by atoms with Crippen molar-refractivity contribution in [3.63, 3.8) is 0 Å². The Bertz CT molecular complexity index is 859. The van der Waals surface area contributed by atoms with Crippen molar-refractivity contribution in [3.05, 3.63) is 35.9 Å². The Morgan fingerprint density at radius 2 is 1.67 bits per heavy atom. The fourth-order valence-corrected chi connectivity index (χ4v) is 3.51. The zero-order chi connectivity index (χ0) is 24.4. The van der Waals surface area contributed by atoms with Crippen LogP contribution in [-0.2, 0) is 44.7 Å². The van der Waals surface area contributed by atoms with E-state index < -0.39 is 54.3 Å². The topological polar surface area (TPSA) is 138 Å². The first-order chi connectivity index (χ1) is 15.8. The normalized spacial score (nSPS) is 16.8. The second-order valence-corrected chi connectivity index (χ2v) is 7.31. The summed E-state index contributed by atoms with van der Waals surface area (Å²) < 4.78 is 19.3. The monoisotopic (exact) mass is 464 g/mol. The van der Waals surface area contributed by atoms with Crippen LogP contribution in [0.15, 0.2) is 30.3 Å². The zero-order valence-electron chi connectivity index (χ0n) is 18.8. The number of ether oxygens (including phenoxy) is 4. The molecule has 1 fully saturated rings. The van der Waals surface area contributed by atoms with Gasteiger partial charge in [0.2, 0.25) is 5.91 Å². The molecule has 0 radical (unpaired) electrons. The summed E-state index contributed by atoms with van der Waals surface area (Å²) in [6.45, 7) is 0.329. The Balaban J connectivity index is 2.12. The van der Waals surface area contributed by atoms with Gasteiger partial charge in [0.25, 0.3) is 0 Å². The summed E-state index contributed by atoms with van der Waals surface area (Å²) in [4.78, 5) is 63.2. The van der Waals surface area contributed by atoms with Crippen LogP contribution in [0.5, 0.6) is 0 Å². The maximum atomic E-state index is 13.0. The molecule has 1 aliphatic rings. The van der Waals surface area contributed by atoms with E-state index in [-0.39, 0.29) is 13.2 Å². The Labute approximate surface area is 191 Å². The highest BCUT2D eigenvalue weighted by atomic mass is 16.6. The maximum Gasteiger partial charge on any atom is 0.410 e. The third-order valence-electron chi connectivity index (χ3n) is 5.27. The summed E-state index contributed by atoms with van der Waals surface area (Å²) in [5.41, 5.74) is 0.792. The molecule has 1 heterocycles. The fourth-order valence-electron chi connectivity index (χ4n) is 3.51. The highest BCUT2D eigenvalue weighted by molar-refractivity contribution is 5.93. The van der Waals surface area contributed by atoms with Crippen LogP contribution >= 0.6 is 0 Å². The summed E-state index contributed by atoms with van der Waals surface area (Å²) in [5, 5.41) is 2.44. The molecule has 3 atom stereocenters. The quantitative estimate of drug-likeness (QED) is 0.415. The minimum absolute atomic E-state index is 0.0405. The molecule has 2 amide bonds. The molecule has 0 bridgehead atoms. The van der Waals surface area contributed by atoms with E-state index >= 15 is 0 Å². The van der Waals surface area contributed by atoms with Crippen molar-refractivity contribution in [2.75, 3.05) is 27.9 Å². The lowest BCUT2D eigenvalue weighted by Gasteiger charge is -2.27. The first-order valence-electron chi connectivity index (χ1n) is 10.3. The van der Waals surface area contributed by atoms with Crippen molar-refractivity contribution < 1.29 is 42.9 Å². The number of amides is 2. The second kappa shape index (κ2) is 12.4. The number of methoxy groups -OCH3 is 3. The van der Waals surface area contributed by atoms with Crippen molar-refractivity contribution in [2.45, 2.75) is 38.0 Å². The number of rotatable bonds is 9. The molecule has 0 aromatic heterocycles. The number of benzene rings is 1. The summed E-state index contributed by atoms with van der Waals surface area (Å²) in [7, 11) is 3.29. The average Bonchev–Trinajstić information content (AvgIpc) is 3.34. The molecule has 2 rings (SSSR count). The molecule has 0 unspecified atom stereocenters. The molecule has 0 aliphatic carbocycles. The van der Waals surface area contributed by atoms with Crippen molar-refractivity contribution in [3.8, 4) is 0 Å². The average molecular weight is 464 g/mol. The molecule has 1 saturated heterocycles. The van der Waals surface area contributed by atoms with Gasteiger partial charge in [-0.25, -0.2) is 9.59 Å². The molecule has 180 valence electrons. The van der Waals surface area contributed by atoms with Crippen LogP contribution in [0.2, 0.25) is 0 Å². The van der Waals surface area contributed by atoms with Gasteiger partial charge < -0.3 is 24.3 Å². The van der Waals surface area contributed by atoms with Crippen LogP contribution in [0.1, 0.15) is 24.8 Å². The molecule has 1 aromatic carbocycles. The number of nitrogens with one attached hydrogen (secondary N) is 1. The van der Waals surface area contributed by atoms with Gasteiger partial charge in [-0.05, 0) is 18.4 Å². The Kier molecular flexibility index (Phi) is 9.64. The van der Waals surface area contributed by atoms with Gasteiger partial charge in [0, 0.05) is 6.54 Å². The fraction of sp³-hybridized carbons (Fsp3) is 0.500. The Morgan fingerprint density at radius 3 is 2.27 bits per heavy atom. The number of hydrogen-bond acceptors (Lipinski definition) is 9. The van der Waals surface area contributed by atoms with Crippen molar-refractivity contribution >= 4 is 29.9 Å². The Hall–Kier alpha value is -3.63. The third-order valence-corrected chi connectivity index (χ3v) is 5.27. The van der Waals surface area contributed by atoms with E-state index in [9.17, 15) is 24.0 Å². The SMILES string of the molecule is COC(=O)C[C@H](C(=O)OC)[C@@H](NC(=O)[C@H]1CCCN1C(=O)OCc1ccccc1)C(=O)OC. The van der Waals surface area contributed by atoms with Gasteiger partial charge in [0.1, 0.15) is 18.7 Å². The molecule has 11 nitrogen and oxygen atoms in total. The number of carbonyl (C=O) groups excluding carboxylic acids is 5. The largest absolute Gasteiger partial charge is 0.469 e. The van der Waals surface area contributed by atoms with Crippen LogP contribution in [0, 0.1) is 5.92 Å². The van der Waals surface area contributed by atoms with Crippen LogP contribution < -0.4 is 5.32 Å². The minimum Gasteiger partial charge on any atom is -0.469 e. The van der Waals surface area contributed by atoms with E-state index in [2.05, 4.69) is 14.8 Å². The maximum absolute atomic E-state index is 13.0. The van der Waals surface area contributed by atoms with Crippen LogP contribution in [0.4, 0.5) is 4.79 Å². The number of esters is 3. The van der Waals surface area contributed by atoms with Gasteiger partial charge in [-0.2, -0.15) is 0 Å². The molecule has 1 N–H and O–H groups in total. The van der Waals surface area contributed by atoms with Crippen molar-refractivity contribution in [1.82, 2.24) is 10.2 Å². The summed E-state index contributed by atoms with van der Waals surface area (Å²) in [6.07, 6.45) is -0.314. The number of carbonyl (C=O) groups is 5. The van der Waals surface area contributed by atoms with Crippen LogP contribution in [-0.4, -0.2) is 74.8 Å².